The SMILES string of the molecule is CN(C)c1cccc(C(=O)NC[C@@H](c2ccco2)N2CCSCC2)c1. The van der Waals surface area contributed by atoms with Crippen LogP contribution in [0.3, 0.4) is 0 Å². The minimum atomic E-state index is -0.0494. The number of hydrogen-bond donors (Lipinski definition) is 1. The Morgan fingerprint density at radius 1 is 1.28 bits per heavy atom. The fourth-order valence-corrected chi connectivity index (χ4v) is 3.93. The minimum absolute atomic E-state index is 0.0494. The Bertz CT molecular complexity index is 682. The molecule has 6 heteroatoms. The van der Waals surface area contributed by atoms with Crippen molar-refractivity contribution in [3.05, 3.63) is 54.0 Å². The molecule has 25 heavy (non-hydrogen) atoms. The van der Waals surface area contributed by atoms with Gasteiger partial charge in [0.15, 0.2) is 0 Å². The van der Waals surface area contributed by atoms with Crippen molar-refractivity contribution < 1.29 is 9.21 Å². The van der Waals surface area contributed by atoms with Crippen LogP contribution in [0.1, 0.15) is 22.2 Å². The molecule has 1 fully saturated rings. The van der Waals surface area contributed by atoms with Crippen molar-refractivity contribution in [1.82, 2.24) is 10.2 Å². The zero-order chi connectivity index (χ0) is 17.6. The predicted molar refractivity (Wildman–Crippen MR) is 103 cm³/mol. The molecule has 0 spiro atoms. The standard InChI is InChI=1S/C19H25N3O2S/c1-21(2)16-6-3-5-15(13-16)19(23)20-14-17(18-7-4-10-24-18)22-8-11-25-12-9-22/h3-7,10,13,17H,8-9,11-12,14H2,1-2H3,(H,20,23)/t17-/m0/s1. The highest BCUT2D eigenvalue weighted by atomic mass is 32.2. The normalized spacial score (nSPS) is 16.4. The fraction of sp³-hybridized carbons (Fsp3) is 0.421. The molecule has 1 aromatic carbocycles. The van der Waals surface area contributed by atoms with Gasteiger partial charge in [-0.3, -0.25) is 9.69 Å². The van der Waals surface area contributed by atoms with Crippen LogP contribution in [0, 0.1) is 0 Å². The number of nitrogens with zero attached hydrogens (tertiary/aromatic N) is 2. The predicted octanol–water partition coefficient (Wildman–Crippen LogP) is 2.87. The highest BCUT2D eigenvalue weighted by Gasteiger charge is 2.25. The maximum atomic E-state index is 12.6. The Morgan fingerprint density at radius 2 is 2.08 bits per heavy atom. The van der Waals surface area contributed by atoms with Crippen LogP contribution < -0.4 is 10.2 Å². The first-order valence-electron chi connectivity index (χ1n) is 8.56. The second-order valence-corrected chi connectivity index (χ2v) is 7.56. The van der Waals surface area contributed by atoms with E-state index in [0.29, 0.717) is 12.1 Å². The highest BCUT2D eigenvalue weighted by molar-refractivity contribution is 7.99. The lowest BCUT2D eigenvalue weighted by atomic mass is 10.1. The number of nitrogens with one attached hydrogen (secondary N) is 1. The molecular weight excluding hydrogens is 334 g/mol. The highest BCUT2D eigenvalue weighted by Crippen LogP contribution is 2.24. The third kappa shape index (κ3) is 4.58. The summed E-state index contributed by atoms with van der Waals surface area (Å²) in [5.74, 6) is 3.10. The van der Waals surface area contributed by atoms with E-state index in [1.807, 2.05) is 67.2 Å². The molecule has 0 saturated carbocycles. The average molecular weight is 359 g/mol. The first kappa shape index (κ1) is 17.9. The number of carbonyl (C=O) groups is 1. The zero-order valence-electron chi connectivity index (χ0n) is 14.8. The largest absolute Gasteiger partial charge is 0.468 e. The van der Waals surface area contributed by atoms with Crippen molar-refractivity contribution in [3.63, 3.8) is 0 Å². The molecule has 3 rings (SSSR count). The molecule has 0 unspecified atom stereocenters. The van der Waals surface area contributed by atoms with E-state index < -0.39 is 0 Å². The van der Waals surface area contributed by atoms with Gasteiger partial charge in [-0.05, 0) is 30.3 Å². The molecule has 0 bridgehead atoms. The Morgan fingerprint density at radius 3 is 2.76 bits per heavy atom. The van der Waals surface area contributed by atoms with Gasteiger partial charge in [-0.25, -0.2) is 0 Å². The number of amides is 1. The van der Waals surface area contributed by atoms with Gasteiger partial charge in [0.2, 0.25) is 0 Å². The summed E-state index contributed by atoms with van der Waals surface area (Å²) in [5, 5.41) is 3.08. The van der Waals surface area contributed by atoms with Crippen LogP contribution in [0.15, 0.2) is 47.1 Å². The molecule has 0 radical (unpaired) electrons. The zero-order valence-corrected chi connectivity index (χ0v) is 15.6. The van der Waals surface area contributed by atoms with E-state index in [1.165, 1.54) is 0 Å². The molecule has 1 atom stereocenters. The molecule has 2 heterocycles. The summed E-state index contributed by atoms with van der Waals surface area (Å²) in [7, 11) is 3.94. The van der Waals surface area contributed by atoms with Gasteiger partial charge < -0.3 is 14.6 Å². The molecule has 1 saturated heterocycles. The first-order chi connectivity index (χ1) is 12.1. The van der Waals surface area contributed by atoms with Crippen molar-refractivity contribution in [1.29, 1.82) is 0 Å². The molecule has 1 aliphatic rings. The summed E-state index contributed by atoms with van der Waals surface area (Å²) < 4.78 is 5.63. The van der Waals surface area contributed by atoms with Gasteiger partial charge in [-0.1, -0.05) is 6.07 Å². The number of furan rings is 1. The Hall–Kier alpha value is -1.92. The van der Waals surface area contributed by atoms with Crippen molar-refractivity contribution in [2.75, 3.05) is 50.1 Å². The quantitative estimate of drug-likeness (QED) is 0.859. The van der Waals surface area contributed by atoms with Crippen molar-refractivity contribution in [3.8, 4) is 0 Å². The van der Waals surface area contributed by atoms with Crippen LogP contribution in [0.5, 0.6) is 0 Å². The Kier molecular flexibility index (Phi) is 6.04. The molecule has 2 aromatic rings. The van der Waals surface area contributed by atoms with E-state index in [2.05, 4.69) is 10.2 Å². The molecule has 5 nitrogen and oxygen atoms in total. The van der Waals surface area contributed by atoms with Gasteiger partial charge in [0.1, 0.15) is 5.76 Å². The monoisotopic (exact) mass is 359 g/mol. The van der Waals surface area contributed by atoms with Crippen molar-refractivity contribution >= 4 is 23.4 Å². The van der Waals surface area contributed by atoms with E-state index in [9.17, 15) is 4.79 Å². The van der Waals surface area contributed by atoms with Crippen LogP contribution in [-0.2, 0) is 0 Å². The van der Waals surface area contributed by atoms with E-state index in [4.69, 9.17) is 4.42 Å². The summed E-state index contributed by atoms with van der Waals surface area (Å²) in [6, 6.07) is 11.6. The van der Waals surface area contributed by atoms with E-state index in [-0.39, 0.29) is 11.9 Å². The summed E-state index contributed by atoms with van der Waals surface area (Å²) in [6.07, 6.45) is 1.70. The van der Waals surface area contributed by atoms with E-state index >= 15 is 0 Å². The van der Waals surface area contributed by atoms with Crippen molar-refractivity contribution in [2.45, 2.75) is 6.04 Å². The lowest BCUT2D eigenvalue weighted by Gasteiger charge is -2.33. The maximum Gasteiger partial charge on any atom is 0.251 e. The van der Waals surface area contributed by atoms with Crippen LogP contribution in [0.2, 0.25) is 0 Å². The molecule has 1 amide bonds. The molecule has 1 N–H and O–H groups in total. The van der Waals surface area contributed by atoms with Gasteiger partial charge in [-0.2, -0.15) is 11.8 Å². The maximum absolute atomic E-state index is 12.6. The third-order valence-electron chi connectivity index (χ3n) is 4.44. The topological polar surface area (TPSA) is 48.7 Å². The number of benzene rings is 1. The van der Waals surface area contributed by atoms with Crippen LogP contribution >= 0.6 is 11.8 Å². The first-order valence-corrected chi connectivity index (χ1v) is 9.71. The number of hydrogen-bond acceptors (Lipinski definition) is 5. The molecule has 0 aliphatic carbocycles. The smallest absolute Gasteiger partial charge is 0.251 e. The Balaban J connectivity index is 1.68. The van der Waals surface area contributed by atoms with Gasteiger partial charge in [0.05, 0.1) is 12.3 Å². The number of carbonyl (C=O) groups excluding carboxylic acids is 1. The summed E-state index contributed by atoms with van der Waals surface area (Å²) >= 11 is 1.97. The van der Waals surface area contributed by atoms with E-state index in [0.717, 1.165) is 36.0 Å². The number of rotatable bonds is 6. The third-order valence-corrected chi connectivity index (χ3v) is 5.38. The average Bonchev–Trinajstić information content (AvgIpc) is 3.17. The second kappa shape index (κ2) is 8.45. The minimum Gasteiger partial charge on any atom is -0.468 e. The summed E-state index contributed by atoms with van der Waals surface area (Å²) in [5.41, 5.74) is 1.70. The van der Waals surface area contributed by atoms with Gasteiger partial charge in [-0.15, -0.1) is 0 Å². The Labute approximate surface area is 153 Å². The molecule has 1 aliphatic heterocycles. The summed E-state index contributed by atoms with van der Waals surface area (Å²) in [4.78, 5) is 17.0. The molecule has 1 aromatic heterocycles. The van der Waals surface area contributed by atoms with Crippen LogP contribution in [0.25, 0.3) is 0 Å². The van der Waals surface area contributed by atoms with Gasteiger partial charge in [0.25, 0.3) is 5.91 Å². The lowest BCUT2D eigenvalue weighted by molar-refractivity contribution is 0.0929. The second-order valence-electron chi connectivity index (χ2n) is 6.33. The lowest BCUT2D eigenvalue weighted by Crippen LogP contribution is -2.41. The fourth-order valence-electron chi connectivity index (χ4n) is 3.00. The number of thioether (sulfide) groups is 1. The van der Waals surface area contributed by atoms with Crippen LogP contribution in [-0.4, -0.2) is 56.0 Å². The summed E-state index contributed by atoms with van der Waals surface area (Å²) in [6.45, 7) is 2.58. The van der Waals surface area contributed by atoms with Crippen molar-refractivity contribution in [2.24, 2.45) is 0 Å². The van der Waals surface area contributed by atoms with Gasteiger partial charge in [0, 0.05) is 56.5 Å². The van der Waals surface area contributed by atoms with Crippen LogP contribution in [0.4, 0.5) is 5.69 Å². The molecule has 134 valence electrons. The number of anilines is 1. The molecular formula is C19H25N3O2S. The van der Waals surface area contributed by atoms with E-state index in [1.54, 1.807) is 6.26 Å². The van der Waals surface area contributed by atoms with Gasteiger partial charge >= 0.3 is 0 Å².